The predicted octanol–water partition coefficient (Wildman–Crippen LogP) is 2.31. The minimum absolute atomic E-state index is 0.257. The molecule has 0 spiro atoms. The third kappa shape index (κ3) is 6.11. The number of urea groups is 2. The lowest BCUT2D eigenvalue weighted by molar-refractivity contribution is 0.185. The van der Waals surface area contributed by atoms with Crippen molar-refractivity contribution in [2.45, 2.75) is 19.8 Å². The number of nitrogens with one attached hydrogen (secondary N) is 4. The molecule has 8 heteroatoms. The second-order valence-corrected chi connectivity index (χ2v) is 7.16. The van der Waals surface area contributed by atoms with Gasteiger partial charge in [0.25, 0.3) is 0 Å². The van der Waals surface area contributed by atoms with Crippen LogP contribution in [0, 0.1) is 18.8 Å². The summed E-state index contributed by atoms with van der Waals surface area (Å²) in [4.78, 5) is 24.2. The van der Waals surface area contributed by atoms with Gasteiger partial charge < -0.3 is 30.7 Å². The molecule has 0 radical (unpaired) electrons. The van der Waals surface area contributed by atoms with Crippen molar-refractivity contribution >= 4 is 23.4 Å². The topological polar surface area (TPSA) is 101 Å². The van der Waals surface area contributed by atoms with Crippen LogP contribution in [-0.4, -0.2) is 51.6 Å². The fourth-order valence-electron chi connectivity index (χ4n) is 3.14. The molecule has 8 nitrogen and oxygen atoms in total. The van der Waals surface area contributed by atoms with Crippen molar-refractivity contribution in [2.24, 2.45) is 11.8 Å². The van der Waals surface area contributed by atoms with E-state index in [0.29, 0.717) is 49.5 Å². The van der Waals surface area contributed by atoms with Gasteiger partial charge in [0.05, 0.1) is 13.2 Å². The zero-order valence-electron chi connectivity index (χ0n) is 15.7. The van der Waals surface area contributed by atoms with Crippen molar-refractivity contribution in [1.29, 1.82) is 0 Å². The highest BCUT2D eigenvalue weighted by Crippen LogP contribution is 2.20. The van der Waals surface area contributed by atoms with E-state index in [1.807, 2.05) is 19.1 Å². The number of carbonyl (C=O) groups excluding carboxylic acids is 2. The Kier molecular flexibility index (Phi) is 6.89. The van der Waals surface area contributed by atoms with Gasteiger partial charge in [-0.05, 0) is 37.5 Å². The van der Waals surface area contributed by atoms with Crippen molar-refractivity contribution in [2.75, 3.05) is 50.2 Å². The molecule has 1 aromatic carbocycles. The number of hydrogen-bond donors (Lipinski definition) is 4. The summed E-state index contributed by atoms with van der Waals surface area (Å²) in [6, 6.07) is 4.91. The first-order valence-electron chi connectivity index (χ1n) is 9.46. The molecule has 2 unspecified atom stereocenters. The highest BCUT2D eigenvalue weighted by atomic mass is 16.5. The fraction of sp³-hybridized carbons (Fsp3) is 0.579. The standard InChI is InChI=1S/C19H28N4O4/c1-13-2-3-16(22-18(24)20-9-14-4-6-26-11-14)8-17(13)23-19(25)21-10-15-5-7-27-12-15/h2-3,8,14-15H,4-7,9-12H2,1H3,(H2,20,22,24)(H2,21,23,25). The number of ether oxygens (including phenoxy) is 2. The number of aryl methyl sites for hydroxylation is 1. The molecule has 1 aromatic rings. The number of hydrogen-bond acceptors (Lipinski definition) is 4. The molecule has 0 bridgehead atoms. The van der Waals surface area contributed by atoms with Crippen molar-refractivity contribution < 1.29 is 19.1 Å². The van der Waals surface area contributed by atoms with Crippen molar-refractivity contribution in [3.05, 3.63) is 23.8 Å². The molecule has 3 rings (SSSR count). The van der Waals surface area contributed by atoms with E-state index in [2.05, 4.69) is 21.3 Å². The van der Waals surface area contributed by atoms with Gasteiger partial charge >= 0.3 is 12.1 Å². The number of anilines is 2. The molecule has 2 atom stereocenters. The molecule has 0 aromatic heterocycles. The maximum Gasteiger partial charge on any atom is 0.319 e. The Bertz CT molecular complexity index is 655. The summed E-state index contributed by atoms with van der Waals surface area (Å²) in [5.74, 6) is 0.749. The quantitative estimate of drug-likeness (QED) is 0.612. The van der Waals surface area contributed by atoms with Crippen LogP contribution in [0.4, 0.5) is 21.0 Å². The Morgan fingerprint density at radius 2 is 1.56 bits per heavy atom. The van der Waals surface area contributed by atoms with E-state index < -0.39 is 0 Å². The monoisotopic (exact) mass is 376 g/mol. The molecule has 2 aliphatic heterocycles. The fourth-order valence-corrected chi connectivity index (χ4v) is 3.14. The lowest BCUT2D eigenvalue weighted by Gasteiger charge is -2.14. The normalized spacial score (nSPS) is 21.7. The summed E-state index contributed by atoms with van der Waals surface area (Å²) in [5, 5.41) is 11.4. The molecule has 2 fully saturated rings. The molecule has 4 N–H and O–H groups in total. The van der Waals surface area contributed by atoms with Gasteiger partial charge in [-0.25, -0.2) is 9.59 Å². The van der Waals surface area contributed by atoms with Crippen LogP contribution >= 0.6 is 0 Å². The largest absolute Gasteiger partial charge is 0.381 e. The van der Waals surface area contributed by atoms with Gasteiger partial charge in [-0.2, -0.15) is 0 Å². The second kappa shape index (κ2) is 9.57. The number of benzene rings is 1. The molecule has 2 heterocycles. The van der Waals surface area contributed by atoms with Gasteiger partial charge in [-0.3, -0.25) is 0 Å². The number of rotatable bonds is 6. The average molecular weight is 376 g/mol. The summed E-state index contributed by atoms with van der Waals surface area (Å²) in [6.07, 6.45) is 1.95. The predicted molar refractivity (Wildman–Crippen MR) is 103 cm³/mol. The van der Waals surface area contributed by atoms with Crippen LogP contribution in [0.3, 0.4) is 0 Å². The Hall–Kier alpha value is -2.32. The Morgan fingerprint density at radius 3 is 2.11 bits per heavy atom. The van der Waals surface area contributed by atoms with Gasteiger partial charge in [0.15, 0.2) is 0 Å². The van der Waals surface area contributed by atoms with Crippen LogP contribution in [0.5, 0.6) is 0 Å². The van der Waals surface area contributed by atoms with Crippen LogP contribution in [0.1, 0.15) is 18.4 Å². The Morgan fingerprint density at radius 1 is 0.963 bits per heavy atom. The first kappa shape index (κ1) is 19.4. The lowest BCUT2D eigenvalue weighted by atomic mass is 10.1. The number of amides is 4. The van der Waals surface area contributed by atoms with Crippen molar-refractivity contribution in [3.63, 3.8) is 0 Å². The van der Waals surface area contributed by atoms with Gasteiger partial charge in [0.2, 0.25) is 0 Å². The van der Waals surface area contributed by atoms with E-state index in [1.165, 1.54) is 0 Å². The van der Waals surface area contributed by atoms with E-state index in [1.54, 1.807) is 6.07 Å². The molecule has 2 aliphatic rings. The maximum atomic E-state index is 12.1. The number of carbonyl (C=O) groups is 2. The van der Waals surface area contributed by atoms with Crippen LogP contribution in [0.2, 0.25) is 0 Å². The zero-order chi connectivity index (χ0) is 19.1. The summed E-state index contributed by atoms with van der Waals surface area (Å²) in [6.45, 7) is 6.01. The summed E-state index contributed by atoms with van der Waals surface area (Å²) < 4.78 is 10.6. The van der Waals surface area contributed by atoms with Gasteiger partial charge in [-0.1, -0.05) is 6.07 Å². The SMILES string of the molecule is Cc1ccc(NC(=O)NCC2CCOC2)cc1NC(=O)NCC1CCOC1. The van der Waals surface area contributed by atoms with Crippen molar-refractivity contribution in [1.82, 2.24) is 10.6 Å². The third-order valence-electron chi connectivity index (χ3n) is 4.89. The summed E-state index contributed by atoms with van der Waals surface area (Å²) in [5.41, 5.74) is 2.21. The third-order valence-corrected chi connectivity index (χ3v) is 4.89. The molecule has 0 aliphatic carbocycles. The van der Waals surface area contributed by atoms with Gasteiger partial charge in [0.1, 0.15) is 0 Å². The molecule has 27 heavy (non-hydrogen) atoms. The minimum Gasteiger partial charge on any atom is -0.381 e. The first-order chi connectivity index (χ1) is 13.1. The minimum atomic E-state index is -0.262. The second-order valence-electron chi connectivity index (χ2n) is 7.16. The lowest BCUT2D eigenvalue weighted by Crippen LogP contribution is -2.34. The van der Waals surface area contributed by atoms with Gasteiger partial charge in [-0.15, -0.1) is 0 Å². The molecule has 4 amide bonds. The zero-order valence-corrected chi connectivity index (χ0v) is 15.7. The molecule has 2 saturated heterocycles. The Balaban J connectivity index is 1.47. The van der Waals surface area contributed by atoms with Crippen LogP contribution in [0.15, 0.2) is 18.2 Å². The molecule has 0 saturated carbocycles. The average Bonchev–Trinajstić information content (AvgIpc) is 3.35. The highest BCUT2D eigenvalue weighted by Gasteiger charge is 2.17. The Labute approximate surface area is 159 Å². The maximum absolute atomic E-state index is 12.1. The first-order valence-corrected chi connectivity index (χ1v) is 9.46. The molecular weight excluding hydrogens is 348 g/mol. The molecular formula is C19H28N4O4. The summed E-state index contributed by atoms with van der Waals surface area (Å²) >= 11 is 0. The smallest absolute Gasteiger partial charge is 0.319 e. The van der Waals surface area contributed by atoms with E-state index in [-0.39, 0.29) is 12.1 Å². The van der Waals surface area contributed by atoms with E-state index in [0.717, 1.165) is 31.6 Å². The summed E-state index contributed by atoms with van der Waals surface area (Å²) in [7, 11) is 0. The van der Waals surface area contributed by atoms with Gasteiger partial charge in [0, 0.05) is 49.5 Å². The van der Waals surface area contributed by atoms with Crippen LogP contribution in [-0.2, 0) is 9.47 Å². The van der Waals surface area contributed by atoms with Crippen LogP contribution in [0.25, 0.3) is 0 Å². The van der Waals surface area contributed by atoms with Crippen molar-refractivity contribution in [3.8, 4) is 0 Å². The van der Waals surface area contributed by atoms with E-state index in [9.17, 15) is 9.59 Å². The highest BCUT2D eigenvalue weighted by molar-refractivity contribution is 5.93. The molecule has 148 valence electrons. The van der Waals surface area contributed by atoms with E-state index in [4.69, 9.17) is 9.47 Å². The van der Waals surface area contributed by atoms with Crippen LogP contribution < -0.4 is 21.3 Å². The van der Waals surface area contributed by atoms with E-state index >= 15 is 0 Å².